The average Bonchev–Trinajstić information content (AvgIpc) is 2.80. The first-order chi connectivity index (χ1) is 15.5. The van der Waals surface area contributed by atoms with Gasteiger partial charge in [0.2, 0.25) is 0 Å². The van der Waals surface area contributed by atoms with Gasteiger partial charge in [0.1, 0.15) is 11.5 Å². The molecule has 0 saturated carbocycles. The van der Waals surface area contributed by atoms with Crippen molar-refractivity contribution >= 4 is 33.5 Å². The van der Waals surface area contributed by atoms with Gasteiger partial charge in [0.25, 0.3) is 0 Å². The molecule has 0 aromatic heterocycles. The summed E-state index contributed by atoms with van der Waals surface area (Å²) in [7, 11) is 0. The van der Waals surface area contributed by atoms with Gasteiger partial charge in [0.15, 0.2) is 13.2 Å². The van der Waals surface area contributed by atoms with E-state index in [1.807, 2.05) is 30.3 Å². The second-order valence-electron chi connectivity index (χ2n) is 7.22. The van der Waals surface area contributed by atoms with Gasteiger partial charge in [-0.25, -0.2) is 9.59 Å². The largest absolute Gasteiger partial charge is 0.481 e. The van der Waals surface area contributed by atoms with E-state index < -0.39 is 11.9 Å². The first-order valence-electron chi connectivity index (χ1n) is 11.1. The van der Waals surface area contributed by atoms with E-state index in [9.17, 15) is 9.59 Å². The van der Waals surface area contributed by atoms with Crippen molar-refractivity contribution in [2.24, 2.45) is 0 Å². The van der Waals surface area contributed by atoms with Crippen molar-refractivity contribution in [1.82, 2.24) is 0 Å². The van der Waals surface area contributed by atoms with Crippen LogP contribution in [0.4, 0.5) is 0 Å². The predicted molar refractivity (Wildman–Crippen MR) is 124 cm³/mol. The maximum absolute atomic E-state index is 12.0. The zero-order valence-electron chi connectivity index (χ0n) is 19.2. The zero-order valence-corrected chi connectivity index (χ0v) is 19.2. The van der Waals surface area contributed by atoms with Crippen LogP contribution in [0, 0.1) is 0 Å². The number of rotatable bonds is 10. The van der Waals surface area contributed by atoms with E-state index in [2.05, 4.69) is 19.9 Å². The number of hydrogen-bond donors (Lipinski definition) is 0. The Balaban J connectivity index is 2.26. The summed E-state index contributed by atoms with van der Waals surface area (Å²) in [5.74, 6) is 0.383. The highest BCUT2D eigenvalue weighted by atomic mass is 16.6. The van der Waals surface area contributed by atoms with E-state index >= 15 is 0 Å². The Bertz CT molecular complexity index is 1120. The number of carbonyl (C=O) groups excluding carboxylic acids is 2. The Morgan fingerprint density at radius 2 is 1.25 bits per heavy atom. The summed E-state index contributed by atoms with van der Waals surface area (Å²) in [5, 5.41) is 3.34. The molecule has 0 heterocycles. The molecule has 0 fully saturated rings. The van der Waals surface area contributed by atoms with Crippen LogP contribution in [0.5, 0.6) is 11.5 Å². The van der Waals surface area contributed by atoms with Crippen molar-refractivity contribution in [1.29, 1.82) is 0 Å². The van der Waals surface area contributed by atoms with Gasteiger partial charge in [-0.1, -0.05) is 50.2 Å². The summed E-state index contributed by atoms with van der Waals surface area (Å²) in [6, 6.07) is 11.8. The van der Waals surface area contributed by atoms with Crippen LogP contribution >= 0.6 is 0 Å². The predicted octanol–water partition coefficient (Wildman–Crippen LogP) is 5.00. The Hall–Kier alpha value is -3.28. The molecule has 6 heteroatoms. The highest BCUT2D eigenvalue weighted by Crippen LogP contribution is 2.45. The van der Waals surface area contributed by atoms with E-state index in [0.717, 1.165) is 39.9 Å². The Morgan fingerprint density at radius 3 is 1.78 bits per heavy atom. The molecule has 32 heavy (non-hydrogen) atoms. The van der Waals surface area contributed by atoms with Gasteiger partial charge in [-0.15, -0.1) is 0 Å². The summed E-state index contributed by atoms with van der Waals surface area (Å²) in [6.07, 6.45) is 1.65. The van der Waals surface area contributed by atoms with Crippen LogP contribution in [-0.4, -0.2) is 38.4 Å². The molecule has 0 N–H and O–H groups in total. The van der Waals surface area contributed by atoms with Crippen LogP contribution in [0.25, 0.3) is 21.5 Å². The van der Waals surface area contributed by atoms with Crippen molar-refractivity contribution < 1.29 is 28.5 Å². The Labute approximate surface area is 188 Å². The second-order valence-corrected chi connectivity index (χ2v) is 7.22. The van der Waals surface area contributed by atoms with Gasteiger partial charge in [0.05, 0.1) is 13.2 Å². The molecular weight excluding hydrogens is 408 g/mol. The van der Waals surface area contributed by atoms with Crippen LogP contribution in [0.3, 0.4) is 0 Å². The molecule has 0 spiro atoms. The number of benzene rings is 3. The smallest absolute Gasteiger partial charge is 0.344 e. The fraction of sp³-hybridized carbons (Fsp3) is 0.385. The summed E-state index contributed by atoms with van der Waals surface area (Å²) < 4.78 is 22.2. The lowest BCUT2D eigenvalue weighted by atomic mass is 9.91. The molecule has 0 radical (unpaired) electrons. The van der Waals surface area contributed by atoms with Crippen LogP contribution in [0.2, 0.25) is 0 Å². The molecule has 0 saturated heterocycles. The van der Waals surface area contributed by atoms with Crippen LogP contribution in [-0.2, 0) is 31.9 Å². The third kappa shape index (κ3) is 4.79. The molecule has 0 bridgehead atoms. The minimum Gasteiger partial charge on any atom is -0.481 e. The number of aryl methyl sites for hydroxylation is 2. The molecule has 0 aliphatic rings. The van der Waals surface area contributed by atoms with Crippen molar-refractivity contribution in [2.75, 3.05) is 26.4 Å². The van der Waals surface area contributed by atoms with Crippen molar-refractivity contribution in [2.45, 2.75) is 40.5 Å². The summed E-state index contributed by atoms with van der Waals surface area (Å²) in [5.41, 5.74) is 2.34. The van der Waals surface area contributed by atoms with Gasteiger partial charge in [0, 0.05) is 21.5 Å². The lowest BCUT2D eigenvalue weighted by Gasteiger charge is -2.20. The number of esters is 2. The number of hydrogen-bond acceptors (Lipinski definition) is 6. The molecule has 0 atom stereocenters. The Morgan fingerprint density at radius 1 is 0.688 bits per heavy atom. The lowest BCUT2D eigenvalue weighted by Crippen LogP contribution is -2.16. The standard InChI is InChI=1S/C26H30O6/c1-5-17-13-14-21-24(18(17)6-2)26(32-16-23(28)30-8-4)20-12-10-9-11-19(20)25(21)31-15-22(27)29-7-3/h9-14H,5-8,15-16H2,1-4H3. The molecule has 0 unspecified atom stereocenters. The molecule has 3 rings (SSSR count). The van der Waals surface area contributed by atoms with Crippen LogP contribution in [0.1, 0.15) is 38.8 Å². The van der Waals surface area contributed by atoms with E-state index in [4.69, 9.17) is 18.9 Å². The molecule has 3 aromatic carbocycles. The highest BCUT2D eigenvalue weighted by molar-refractivity contribution is 6.12. The topological polar surface area (TPSA) is 71.1 Å². The summed E-state index contributed by atoms with van der Waals surface area (Å²) in [4.78, 5) is 24.0. The molecular formula is C26H30O6. The van der Waals surface area contributed by atoms with E-state index in [1.165, 1.54) is 5.56 Å². The van der Waals surface area contributed by atoms with Crippen molar-refractivity contribution in [3.8, 4) is 11.5 Å². The summed E-state index contributed by atoms with van der Waals surface area (Å²) >= 11 is 0. The van der Waals surface area contributed by atoms with Gasteiger partial charge >= 0.3 is 11.9 Å². The van der Waals surface area contributed by atoms with Gasteiger partial charge in [-0.2, -0.15) is 0 Å². The molecule has 0 amide bonds. The fourth-order valence-corrected chi connectivity index (χ4v) is 4.01. The first-order valence-corrected chi connectivity index (χ1v) is 11.1. The third-order valence-electron chi connectivity index (χ3n) is 5.31. The molecule has 0 aliphatic heterocycles. The SMILES string of the molecule is CCOC(=O)COc1c2ccccc2c(OCC(=O)OCC)c2c(CC)c(CC)ccc12. The van der Waals surface area contributed by atoms with E-state index in [-0.39, 0.29) is 13.2 Å². The number of ether oxygens (including phenoxy) is 4. The van der Waals surface area contributed by atoms with Crippen molar-refractivity contribution in [3.63, 3.8) is 0 Å². The minimum atomic E-state index is -0.423. The summed E-state index contributed by atoms with van der Waals surface area (Å²) in [6.45, 7) is 7.95. The maximum Gasteiger partial charge on any atom is 0.344 e. The Kier molecular flexibility index (Phi) is 7.92. The second kappa shape index (κ2) is 10.8. The number of carbonyl (C=O) groups is 2. The molecule has 3 aromatic rings. The van der Waals surface area contributed by atoms with Gasteiger partial charge in [-0.05, 0) is 37.8 Å². The lowest BCUT2D eigenvalue weighted by molar-refractivity contribution is -0.146. The average molecular weight is 439 g/mol. The van der Waals surface area contributed by atoms with E-state index in [0.29, 0.717) is 24.7 Å². The normalized spacial score (nSPS) is 10.9. The van der Waals surface area contributed by atoms with Gasteiger partial charge < -0.3 is 18.9 Å². The molecule has 170 valence electrons. The van der Waals surface area contributed by atoms with Crippen molar-refractivity contribution in [3.05, 3.63) is 47.5 Å². The zero-order chi connectivity index (χ0) is 23.1. The van der Waals surface area contributed by atoms with Crippen LogP contribution < -0.4 is 9.47 Å². The molecule has 0 aliphatic carbocycles. The fourth-order valence-electron chi connectivity index (χ4n) is 4.01. The minimum absolute atomic E-state index is 0.185. The maximum atomic E-state index is 12.0. The van der Waals surface area contributed by atoms with Gasteiger partial charge in [-0.3, -0.25) is 0 Å². The highest BCUT2D eigenvalue weighted by Gasteiger charge is 2.21. The quantitative estimate of drug-likeness (QED) is 0.328. The first kappa shape index (κ1) is 23.4. The monoisotopic (exact) mass is 438 g/mol. The van der Waals surface area contributed by atoms with Crippen LogP contribution in [0.15, 0.2) is 36.4 Å². The van der Waals surface area contributed by atoms with E-state index in [1.54, 1.807) is 13.8 Å². The number of fused-ring (bicyclic) bond motifs is 2. The molecule has 6 nitrogen and oxygen atoms in total. The third-order valence-corrected chi connectivity index (χ3v) is 5.31.